The summed E-state index contributed by atoms with van der Waals surface area (Å²) >= 11 is 1.32. The number of anilines is 1. The topological polar surface area (TPSA) is 65.1 Å². The normalized spacial score (nSPS) is 27.7. The molecule has 3 atom stereocenters. The molecule has 1 saturated heterocycles. The van der Waals surface area contributed by atoms with E-state index in [0.29, 0.717) is 17.2 Å². The van der Waals surface area contributed by atoms with Crippen molar-refractivity contribution in [2.75, 3.05) is 25.2 Å². The minimum atomic E-state index is -0.419. The van der Waals surface area contributed by atoms with Crippen molar-refractivity contribution >= 4 is 28.9 Å². The highest BCUT2D eigenvalue weighted by Crippen LogP contribution is 2.40. The standard InChI is InChI=1S/C31H43NO5S/c1-20-7-12-26(21(2)17-20)29(33)32(22-8-10-23(11-9-22)37-24-14-16-36-19-24)27-18-25(13-15-31(3,4)5)38-28(27)30(34)35-6/h7,18,21-24,26H,8-12,14,16-17,19H2,1-6H3/t21-,22-,23-,24-,26?/m0/s1. The largest absolute Gasteiger partial charge is 0.465 e. The number of carbonyl (C=O) groups is 2. The predicted octanol–water partition coefficient (Wildman–Crippen LogP) is 6.37. The Morgan fingerprint density at radius 1 is 1.13 bits per heavy atom. The molecule has 0 aromatic carbocycles. The lowest BCUT2D eigenvalue weighted by Gasteiger charge is -2.40. The van der Waals surface area contributed by atoms with Crippen LogP contribution in [-0.2, 0) is 19.0 Å². The summed E-state index contributed by atoms with van der Waals surface area (Å²) in [5.74, 6) is 6.33. The minimum absolute atomic E-state index is 0.00260. The van der Waals surface area contributed by atoms with Gasteiger partial charge in [0.1, 0.15) is 4.88 Å². The number of ether oxygens (including phenoxy) is 3. The Morgan fingerprint density at radius 3 is 2.47 bits per heavy atom. The van der Waals surface area contributed by atoms with Gasteiger partial charge in [-0.25, -0.2) is 4.79 Å². The number of hydrogen-bond donors (Lipinski definition) is 0. The average Bonchev–Trinajstić information content (AvgIpc) is 3.53. The van der Waals surface area contributed by atoms with Gasteiger partial charge in [-0.2, -0.15) is 0 Å². The van der Waals surface area contributed by atoms with E-state index in [9.17, 15) is 9.59 Å². The maximum Gasteiger partial charge on any atom is 0.350 e. The van der Waals surface area contributed by atoms with Gasteiger partial charge in [0, 0.05) is 24.0 Å². The van der Waals surface area contributed by atoms with E-state index >= 15 is 0 Å². The number of allylic oxidation sites excluding steroid dienone is 2. The second-order valence-electron chi connectivity index (χ2n) is 12.2. The fourth-order valence-corrected chi connectivity index (χ4v) is 6.68. The third-order valence-electron chi connectivity index (χ3n) is 7.79. The van der Waals surface area contributed by atoms with Crippen LogP contribution in [0.25, 0.3) is 0 Å². The van der Waals surface area contributed by atoms with Gasteiger partial charge in [0.25, 0.3) is 0 Å². The molecule has 208 valence electrons. The van der Waals surface area contributed by atoms with Gasteiger partial charge in [0.05, 0.1) is 36.5 Å². The molecule has 38 heavy (non-hydrogen) atoms. The highest BCUT2D eigenvalue weighted by molar-refractivity contribution is 7.15. The summed E-state index contributed by atoms with van der Waals surface area (Å²) < 4.78 is 17.0. The van der Waals surface area contributed by atoms with Gasteiger partial charge in [0.15, 0.2) is 0 Å². The van der Waals surface area contributed by atoms with Crippen molar-refractivity contribution < 1.29 is 23.8 Å². The molecule has 0 bridgehead atoms. The second-order valence-corrected chi connectivity index (χ2v) is 13.2. The van der Waals surface area contributed by atoms with Crippen molar-refractivity contribution in [3.63, 3.8) is 0 Å². The van der Waals surface area contributed by atoms with E-state index < -0.39 is 5.97 Å². The molecule has 1 aromatic heterocycles. The molecule has 1 aliphatic heterocycles. The Balaban J connectivity index is 1.66. The Morgan fingerprint density at radius 2 is 1.87 bits per heavy atom. The summed E-state index contributed by atoms with van der Waals surface area (Å²) in [7, 11) is 1.39. The third-order valence-corrected chi connectivity index (χ3v) is 8.81. The SMILES string of the molecule is COC(=O)c1sc(C#CC(C)(C)C)cc1N(C(=O)C1CC=C(C)C[C@@H]1C)[C@H]1CC[C@H](O[C@H]2CCOC2)CC1. The molecule has 4 rings (SSSR count). The van der Waals surface area contributed by atoms with Crippen LogP contribution >= 0.6 is 11.3 Å². The number of rotatable bonds is 6. The van der Waals surface area contributed by atoms with Crippen molar-refractivity contribution in [2.24, 2.45) is 17.3 Å². The van der Waals surface area contributed by atoms with Crippen LogP contribution in [0.4, 0.5) is 5.69 Å². The van der Waals surface area contributed by atoms with E-state index in [1.165, 1.54) is 24.0 Å². The third kappa shape index (κ3) is 7.08. The monoisotopic (exact) mass is 541 g/mol. The molecular formula is C31H43NO5S. The number of nitrogens with zero attached hydrogens (tertiary/aromatic N) is 1. The van der Waals surface area contributed by atoms with E-state index in [0.717, 1.165) is 56.4 Å². The maximum atomic E-state index is 14.3. The van der Waals surface area contributed by atoms with Crippen LogP contribution in [0, 0.1) is 29.1 Å². The quantitative estimate of drug-likeness (QED) is 0.238. The summed E-state index contributed by atoms with van der Waals surface area (Å²) in [6.07, 6.45) is 8.61. The van der Waals surface area contributed by atoms with E-state index in [4.69, 9.17) is 14.2 Å². The Labute approximate surface area is 232 Å². The molecule has 2 heterocycles. The average molecular weight is 542 g/mol. The lowest BCUT2D eigenvalue weighted by molar-refractivity contribution is -0.124. The van der Waals surface area contributed by atoms with Gasteiger partial charge < -0.3 is 19.1 Å². The number of carbonyl (C=O) groups excluding carboxylic acids is 2. The van der Waals surface area contributed by atoms with Crippen LogP contribution in [0.2, 0.25) is 0 Å². The molecule has 7 heteroatoms. The molecule has 0 N–H and O–H groups in total. The first-order chi connectivity index (χ1) is 18.1. The first-order valence-corrected chi connectivity index (χ1v) is 14.8. The summed E-state index contributed by atoms with van der Waals surface area (Å²) in [6, 6.07) is 1.93. The molecular weight excluding hydrogens is 498 g/mol. The maximum absolute atomic E-state index is 14.3. The zero-order valence-corrected chi connectivity index (χ0v) is 24.6. The molecule has 1 amide bonds. The number of esters is 1. The van der Waals surface area contributed by atoms with Gasteiger partial charge in [-0.15, -0.1) is 11.3 Å². The summed E-state index contributed by atoms with van der Waals surface area (Å²) in [4.78, 5) is 30.4. The fourth-order valence-electron chi connectivity index (χ4n) is 5.75. The molecule has 1 aromatic rings. The van der Waals surface area contributed by atoms with Gasteiger partial charge in [-0.3, -0.25) is 4.79 Å². The molecule has 3 aliphatic rings. The van der Waals surface area contributed by atoms with Crippen LogP contribution < -0.4 is 4.90 Å². The zero-order chi connectivity index (χ0) is 27.4. The smallest absolute Gasteiger partial charge is 0.350 e. The lowest BCUT2D eigenvalue weighted by Crippen LogP contribution is -2.48. The first-order valence-electron chi connectivity index (χ1n) is 14.0. The summed E-state index contributed by atoms with van der Waals surface area (Å²) in [6.45, 7) is 11.9. The number of thiophene rings is 1. The molecule has 0 radical (unpaired) electrons. The first kappa shape index (κ1) is 28.9. The molecule has 2 fully saturated rings. The molecule has 0 spiro atoms. The van der Waals surface area contributed by atoms with Crippen molar-refractivity contribution in [2.45, 2.75) is 97.8 Å². The summed E-state index contributed by atoms with van der Waals surface area (Å²) in [5, 5.41) is 0. The minimum Gasteiger partial charge on any atom is -0.465 e. The van der Waals surface area contributed by atoms with Crippen molar-refractivity contribution in [1.82, 2.24) is 0 Å². The van der Waals surface area contributed by atoms with E-state index in [-0.39, 0.29) is 41.4 Å². The van der Waals surface area contributed by atoms with Crippen LogP contribution in [0.1, 0.15) is 94.1 Å². The lowest BCUT2D eigenvalue weighted by atomic mass is 9.79. The highest BCUT2D eigenvalue weighted by atomic mass is 32.1. The van der Waals surface area contributed by atoms with E-state index in [1.54, 1.807) is 0 Å². The molecule has 1 unspecified atom stereocenters. The van der Waals surface area contributed by atoms with E-state index in [1.807, 2.05) is 11.0 Å². The van der Waals surface area contributed by atoms with Crippen molar-refractivity contribution in [3.05, 3.63) is 27.5 Å². The fraction of sp³-hybridized carbons (Fsp3) is 0.677. The molecule has 2 aliphatic carbocycles. The van der Waals surface area contributed by atoms with Crippen molar-refractivity contribution in [1.29, 1.82) is 0 Å². The Bertz CT molecular complexity index is 1090. The van der Waals surface area contributed by atoms with Crippen LogP contribution in [0.5, 0.6) is 0 Å². The number of methoxy groups -OCH3 is 1. The second kappa shape index (κ2) is 12.4. The summed E-state index contributed by atoms with van der Waals surface area (Å²) in [5.41, 5.74) is 1.82. The predicted molar refractivity (Wildman–Crippen MR) is 151 cm³/mol. The van der Waals surface area contributed by atoms with Crippen molar-refractivity contribution in [3.8, 4) is 11.8 Å². The van der Waals surface area contributed by atoms with Crippen LogP contribution in [0.15, 0.2) is 17.7 Å². The highest BCUT2D eigenvalue weighted by Gasteiger charge is 2.39. The van der Waals surface area contributed by atoms with Gasteiger partial charge in [-0.1, -0.05) is 30.4 Å². The van der Waals surface area contributed by atoms with Gasteiger partial charge in [0.2, 0.25) is 5.91 Å². The number of hydrogen-bond acceptors (Lipinski definition) is 6. The van der Waals surface area contributed by atoms with Crippen LogP contribution in [-0.4, -0.2) is 50.4 Å². The van der Waals surface area contributed by atoms with E-state index in [2.05, 4.69) is 52.5 Å². The Hall–Kier alpha value is -2.14. The molecule has 6 nitrogen and oxygen atoms in total. The van der Waals surface area contributed by atoms with Gasteiger partial charge >= 0.3 is 5.97 Å². The number of amides is 1. The Kier molecular flexibility index (Phi) is 9.39. The van der Waals surface area contributed by atoms with Gasteiger partial charge in [-0.05, 0) is 84.6 Å². The zero-order valence-electron chi connectivity index (χ0n) is 23.8. The molecule has 1 saturated carbocycles. The van der Waals surface area contributed by atoms with Crippen LogP contribution in [0.3, 0.4) is 0 Å².